The number of carboxylic acids is 1. The van der Waals surface area contributed by atoms with E-state index >= 15 is 0 Å². The Bertz CT molecular complexity index is 379. The molecule has 1 unspecified atom stereocenters. The zero-order valence-electron chi connectivity index (χ0n) is 11.6. The van der Waals surface area contributed by atoms with E-state index in [1.807, 2.05) is 4.90 Å². The average Bonchev–Trinajstić information content (AvgIpc) is 2.46. The fraction of sp³-hybridized carbons (Fsp3) is 0.786. The van der Waals surface area contributed by atoms with Gasteiger partial charge in [-0.05, 0) is 31.6 Å². The van der Waals surface area contributed by atoms with Crippen molar-refractivity contribution in [3.8, 4) is 0 Å². The predicted octanol–water partition coefficient (Wildman–Crippen LogP) is 0.616. The lowest BCUT2D eigenvalue weighted by Gasteiger charge is -2.35. The molecule has 2 amide bonds. The third-order valence-electron chi connectivity index (χ3n) is 4.31. The van der Waals surface area contributed by atoms with Gasteiger partial charge >= 0.3 is 5.97 Å². The molecule has 1 atom stereocenters. The minimum atomic E-state index is -0.749. The van der Waals surface area contributed by atoms with Crippen molar-refractivity contribution < 1.29 is 19.5 Å². The summed E-state index contributed by atoms with van der Waals surface area (Å²) in [6.45, 7) is 1.89. The first-order valence-corrected chi connectivity index (χ1v) is 7.33. The zero-order valence-corrected chi connectivity index (χ0v) is 11.6. The van der Waals surface area contributed by atoms with E-state index in [2.05, 4.69) is 5.32 Å². The van der Waals surface area contributed by atoms with Crippen molar-refractivity contribution in [1.82, 2.24) is 10.2 Å². The Kier molecular flexibility index (Phi) is 4.98. The molecule has 2 fully saturated rings. The van der Waals surface area contributed by atoms with Gasteiger partial charge < -0.3 is 15.3 Å². The summed E-state index contributed by atoms with van der Waals surface area (Å²) in [5.74, 6) is -0.242. The van der Waals surface area contributed by atoms with Gasteiger partial charge in [-0.1, -0.05) is 0 Å². The summed E-state index contributed by atoms with van der Waals surface area (Å²) in [6, 6.07) is 0. The van der Waals surface area contributed by atoms with Crippen LogP contribution in [-0.4, -0.2) is 47.4 Å². The van der Waals surface area contributed by atoms with E-state index in [9.17, 15) is 14.4 Å². The highest BCUT2D eigenvalue weighted by Crippen LogP contribution is 2.24. The van der Waals surface area contributed by atoms with Gasteiger partial charge in [-0.15, -0.1) is 0 Å². The highest BCUT2D eigenvalue weighted by atomic mass is 16.4. The Morgan fingerprint density at radius 1 is 1.25 bits per heavy atom. The maximum absolute atomic E-state index is 12.3. The van der Waals surface area contributed by atoms with Crippen LogP contribution in [0.25, 0.3) is 0 Å². The van der Waals surface area contributed by atoms with Crippen molar-refractivity contribution in [3.05, 3.63) is 0 Å². The predicted molar refractivity (Wildman–Crippen MR) is 71.9 cm³/mol. The number of amides is 2. The molecule has 6 heteroatoms. The minimum absolute atomic E-state index is 0.0291. The maximum Gasteiger partial charge on any atom is 0.303 e. The molecule has 2 heterocycles. The van der Waals surface area contributed by atoms with Crippen molar-refractivity contribution in [3.63, 3.8) is 0 Å². The number of nitrogens with one attached hydrogen (secondary N) is 1. The third kappa shape index (κ3) is 3.95. The first-order valence-electron chi connectivity index (χ1n) is 7.33. The Morgan fingerprint density at radius 2 is 1.95 bits per heavy atom. The van der Waals surface area contributed by atoms with Crippen LogP contribution in [0.2, 0.25) is 0 Å². The van der Waals surface area contributed by atoms with Gasteiger partial charge in [0.25, 0.3) is 0 Å². The van der Waals surface area contributed by atoms with Crippen molar-refractivity contribution in [2.24, 2.45) is 11.8 Å². The molecule has 0 spiro atoms. The van der Waals surface area contributed by atoms with E-state index in [0.29, 0.717) is 44.8 Å². The first-order chi connectivity index (χ1) is 9.56. The Hall–Kier alpha value is -1.59. The van der Waals surface area contributed by atoms with E-state index in [4.69, 9.17) is 5.11 Å². The van der Waals surface area contributed by atoms with Crippen LogP contribution >= 0.6 is 0 Å². The minimum Gasteiger partial charge on any atom is -0.481 e. The second-order valence-corrected chi connectivity index (χ2v) is 5.74. The number of piperidine rings is 2. The standard InChI is InChI=1S/C14H22N2O4/c17-12-3-2-11(9-15-12)14(20)16-7-5-10(6-8-16)1-4-13(18)19/h10-11H,1-9H2,(H,15,17)(H,18,19). The molecule has 0 aromatic carbocycles. The van der Waals surface area contributed by atoms with Gasteiger partial charge in [0.2, 0.25) is 11.8 Å². The van der Waals surface area contributed by atoms with Crippen LogP contribution in [-0.2, 0) is 14.4 Å². The molecular formula is C14H22N2O4. The van der Waals surface area contributed by atoms with Crippen LogP contribution in [0.15, 0.2) is 0 Å². The summed E-state index contributed by atoms with van der Waals surface area (Å²) in [5, 5.41) is 11.4. The number of carbonyl (C=O) groups is 3. The summed E-state index contributed by atoms with van der Waals surface area (Å²) >= 11 is 0. The molecule has 0 aromatic heterocycles. The monoisotopic (exact) mass is 282 g/mol. The normalized spacial score (nSPS) is 24.3. The summed E-state index contributed by atoms with van der Waals surface area (Å²) in [5.41, 5.74) is 0. The summed E-state index contributed by atoms with van der Waals surface area (Å²) in [7, 11) is 0. The van der Waals surface area contributed by atoms with E-state index in [1.165, 1.54) is 0 Å². The van der Waals surface area contributed by atoms with Gasteiger partial charge in [0.15, 0.2) is 0 Å². The molecule has 2 aliphatic rings. The van der Waals surface area contributed by atoms with Crippen molar-refractivity contribution >= 4 is 17.8 Å². The smallest absolute Gasteiger partial charge is 0.303 e. The molecule has 0 radical (unpaired) electrons. The Morgan fingerprint density at radius 3 is 2.50 bits per heavy atom. The third-order valence-corrected chi connectivity index (χ3v) is 4.31. The molecule has 2 N–H and O–H groups in total. The Labute approximate surface area is 118 Å². The van der Waals surface area contributed by atoms with Gasteiger partial charge in [0, 0.05) is 32.5 Å². The number of likely N-dealkylation sites (tertiary alicyclic amines) is 1. The maximum atomic E-state index is 12.3. The molecule has 2 aliphatic heterocycles. The molecule has 0 saturated carbocycles. The van der Waals surface area contributed by atoms with E-state index < -0.39 is 5.97 Å². The molecule has 0 aliphatic carbocycles. The molecule has 0 aromatic rings. The van der Waals surface area contributed by atoms with E-state index in [-0.39, 0.29) is 24.2 Å². The molecule has 112 valence electrons. The molecule has 2 rings (SSSR count). The molecule has 2 saturated heterocycles. The molecule has 0 bridgehead atoms. The van der Waals surface area contributed by atoms with Crippen molar-refractivity contribution in [2.75, 3.05) is 19.6 Å². The topological polar surface area (TPSA) is 86.7 Å². The summed E-state index contributed by atoms with van der Waals surface area (Å²) in [6.07, 6.45) is 3.77. The number of hydrogen-bond acceptors (Lipinski definition) is 3. The summed E-state index contributed by atoms with van der Waals surface area (Å²) < 4.78 is 0. The second-order valence-electron chi connectivity index (χ2n) is 5.74. The van der Waals surface area contributed by atoms with Gasteiger partial charge in [-0.3, -0.25) is 14.4 Å². The number of hydrogen-bond donors (Lipinski definition) is 2. The zero-order chi connectivity index (χ0) is 14.5. The lowest BCUT2D eigenvalue weighted by atomic mass is 9.90. The lowest BCUT2D eigenvalue weighted by molar-refractivity contribution is -0.140. The number of aliphatic carboxylic acids is 1. The number of carbonyl (C=O) groups excluding carboxylic acids is 2. The van der Waals surface area contributed by atoms with Crippen LogP contribution in [0.3, 0.4) is 0 Å². The van der Waals surface area contributed by atoms with E-state index in [0.717, 1.165) is 12.8 Å². The van der Waals surface area contributed by atoms with Crippen molar-refractivity contribution in [2.45, 2.75) is 38.5 Å². The highest BCUT2D eigenvalue weighted by molar-refractivity contribution is 5.83. The van der Waals surface area contributed by atoms with Crippen LogP contribution in [0.4, 0.5) is 0 Å². The van der Waals surface area contributed by atoms with Gasteiger partial charge in [0.05, 0.1) is 5.92 Å². The van der Waals surface area contributed by atoms with Crippen LogP contribution in [0.5, 0.6) is 0 Å². The average molecular weight is 282 g/mol. The fourth-order valence-electron chi connectivity index (χ4n) is 2.97. The largest absolute Gasteiger partial charge is 0.481 e. The summed E-state index contributed by atoms with van der Waals surface area (Å²) in [4.78, 5) is 35.8. The van der Waals surface area contributed by atoms with Crippen LogP contribution in [0.1, 0.15) is 38.5 Å². The first kappa shape index (κ1) is 14.8. The van der Waals surface area contributed by atoms with E-state index in [1.54, 1.807) is 0 Å². The second kappa shape index (κ2) is 6.72. The quantitative estimate of drug-likeness (QED) is 0.791. The molecule has 20 heavy (non-hydrogen) atoms. The van der Waals surface area contributed by atoms with Crippen LogP contribution < -0.4 is 5.32 Å². The number of rotatable bonds is 4. The van der Waals surface area contributed by atoms with Crippen molar-refractivity contribution in [1.29, 1.82) is 0 Å². The molecular weight excluding hydrogens is 260 g/mol. The van der Waals surface area contributed by atoms with Gasteiger partial charge in [0.1, 0.15) is 0 Å². The van der Waals surface area contributed by atoms with Crippen LogP contribution in [0, 0.1) is 11.8 Å². The molecule has 6 nitrogen and oxygen atoms in total. The number of nitrogens with zero attached hydrogens (tertiary/aromatic N) is 1. The SMILES string of the molecule is O=C(O)CCC1CCN(C(=O)C2CCC(=O)NC2)CC1. The van der Waals surface area contributed by atoms with Gasteiger partial charge in [-0.25, -0.2) is 0 Å². The fourth-order valence-corrected chi connectivity index (χ4v) is 2.97. The highest BCUT2D eigenvalue weighted by Gasteiger charge is 2.30. The Balaban J connectivity index is 1.74. The number of carboxylic acid groups (broad SMARTS) is 1. The lowest BCUT2D eigenvalue weighted by Crippen LogP contribution is -2.47. The van der Waals surface area contributed by atoms with Gasteiger partial charge in [-0.2, -0.15) is 0 Å².